The van der Waals surface area contributed by atoms with Gasteiger partial charge in [0.2, 0.25) is 0 Å². The average Bonchev–Trinajstić information content (AvgIpc) is 2.81. The van der Waals surface area contributed by atoms with Gasteiger partial charge in [0.25, 0.3) is 0 Å². The lowest BCUT2D eigenvalue weighted by Gasteiger charge is -2.12. The number of unbranched alkanes of at least 4 members (excludes halogenated alkanes) is 1. The molecule has 1 unspecified atom stereocenters. The second-order valence-electron chi connectivity index (χ2n) is 4.93. The molecule has 0 saturated heterocycles. The minimum atomic E-state index is 0.821. The van der Waals surface area contributed by atoms with E-state index in [2.05, 4.69) is 18.8 Å². The minimum Gasteiger partial charge on any atom is -0.399 e. The zero-order chi connectivity index (χ0) is 13.7. The minimum absolute atomic E-state index is 0.821. The van der Waals surface area contributed by atoms with Crippen LogP contribution in [0.3, 0.4) is 0 Å². The van der Waals surface area contributed by atoms with Crippen molar-refractivity contribution in [1.29, 1.82) is 0 Å². The molecule has 0 amide bonds. The van der Waals surface area contributed by atoms with Gasteiger partial charge in [0.05, 0.1) is 10.2 Å². The second kappa shape index (κ2) is 7.15. The Morgan fingerprint density at radius 2 is 2.21 bits per heavy atom. The summed E-state index contributed by atoms with van der Waals surface area (Å²) in [6.45, 7) is 4.55. The molecule has 2 aromatic rings. The molecule has 2 N–H and O–H groups in total. The van der Waals surface area contributed by atoms with Crippen LogP contribution >= 0.6 is 23.1 Å². The number of hydrogen-bond donors (Lipinski definition) is 1. The number of nitrogen functional groups attached to an aromatic ring is 1. The highest BCUT2D eigenvalue weighted by molar-refractivity contribution is 8.01. The van der Waals surface area contributed by atoms with Gasteiger partial charge >= 0.3 is 0 Å². The van der Waals surface area contributed by atoms with Crippen molar-refractivity contribution in [2.45, 2.75) is 43.9 Å². The maximum atomic E-state index is 5.80. The van der Waals surface area contributed by atoms with Crippen LogP contribution in [0.25, 0.3) is 10.2 Å². The number of rotatable bonds is 7. The van der Waals surface area contributed by atoms with Gasteiger partial charge in [-0.05, 0) is 30.5 Å². The molecule has 19 heavy (non-hydrogen) atoms. The molecule has 0 fully saturated rings. The molecule has 0 aliphatic heterocycles. The third-order valence-electron chi connectivity index (χ3n) is 3.38. The lowest BCUT2D eigenvalue weighted by molar-refractivity contribution is 0.499. The van der Waals surface area contributed by atoms with Crippen molar-refractivity contribution in [2.75, 3.05) is 11.5 Å². The molecule has 104 valence electrons. The summed E-state index contributed by atoms with van der Waals surface area (Å²) in [6.07, 6.45) is 5.25. The molecule has 4 heteroatoms. The van der Waals surface area contributed by atoms with Crippen molar-refractivity contribution < 1.29 is 0 Å². The largest absolute Gasteiger partial charge is 0.399 e. The van der Waals surface area contributed by atoms with E-state index in [0.29, 0.717) is 0 Å². The number of thioether (sulfide) groups is 1. The van der Waals surface area contributed by atoms with Crippen molar-refractivity contribution in [3.8, 4) is 0 Å². The van der Waals surface area contributed by atoms with E-state index in [9.17, 15) is 0 Å². The fraction of sp³-hybridized carbons (Fsp3) is 0.533. The highest BCUT2D eigenvalue weighted by Crippen LogP contribution is 2.32. The van der Waals surface area contributed by atoms with Gasteiger partial charge in [-0.1, -0.05) is 44.9 Å². The molecule has 2 nitrogen and oxygen atoms in total. The van der Waals surface area contributed by atoms with Crippen LogP contribution < -0.4 is 5.73 Å². The molecule has 0 spiro atoms. The lowest BCUT2D eigenvalue weighted by atomic mass is 10.0. The number of nitrogens with zero attached hydrogens (tertiary/aromatic N) is 1. The van der Waals surface area contributed by atoms with Crippen LogP contribution in [0.2, 0.25) is 0 Å². The van der Waals surface area contributed by atoms with E-state index in [1.807, 2.05) is 30.0 Å². The Hall–Kier alpha value is -0.740. The van der Waals surface area contributed by atoms with Crippen LogP contribution in [0, 0.1) is 5.92 Å². The van der Waals surface area contributed by atoms with Gasteiger partial charge < -0.3 is 5.73 Å². The number of anilines is 1. The predicted molar refractivity (Wildman–Crippen MR) is 88.1 cm³/mol. The van der Waals surface area contributed by atoms with Crippen LogP contribution in [0.4, 0.5) is 5.69 Å². The van der Waals surface area contributed by atoms with E-state index in [4.69, 9.17) is 5.73 Å². The number of aromatic nitrogens is 1. The molecule has 1 atom stereocenters. The first kappa shape index (κ1) is 14.7. The van der Waals surface area contributed by atoms with Gasteiger partial charge in [0.15, 0.2) is 4.34 Å². The molecule has 1 aromatic heterocycles. The quantitative estimate of drug-likeness (QED) is 0.564. The molecule has 0 bridgehead atoms. The fourth-order valence-electron chi connectivity index (χ4n) is 2.07. The molecule has 1 heterocycles. The first-order chi connectivity index (χ1) is 9.22. The summed E-state index contributed by atoms with van der Waals surface area (Å²) < 4.78 is 2.37. The Kier molecular flexibility index (Phi) is 5.52. The summed E-state index contributed by atoms with van der Waals surface area (Å²) >= 11 is 3.66. The second-order valence-corrected chi connectivity index (χ2v) is 7.23. The van der Waals surface area contributed by atoms with Crippen LogP contribution in [0.15, 0.2) is 22.5 Å². The maximum absolute atomic E-state index is 5.80. The monoisotopic (exact) mass is 294 g/mol. The van der Waals surface area contributed by atoms with Crippen molar-refractivity contribution in [2.24, 2.45) is 5.92 Å². The summed E-state index contributed by atoms with van der Waals surface area (Å²) in [6, 6.07) is 5.96. The molecular formula is C15H22N2S2. The van der Waals surface area contributed by atoms with Gasteiger partial charge in [0.1, 0.15) is 0 Å². The summed E-state index contributed by atoms with van der Waals surface area (Å²) in [5, 5.41) is 0. The molecule has 0 radical (unpaired) electrons. The standard InChI is InChI=1S/C15H22N2S2/c1-3-5-6-11(4-2)10-18-15-17-13-8-7-12(16)9-14(13)19-15/h7-9,11H,3-6,10,16H2,1-2H3. The molecule has 0 aliphatic rings. The SMILES string of the molecule is CCCCC(CC)CSc1nc2ccc(N)cc2s1. The zero-order valence-corrected chi connectivity index (χ0v) is 13.3. The first-order valence-corrected chi connectivity index (χ1v) is 8.82. The van der Waals surface area contributed by atoms with Gasteiger partial charge in [0, 0.05) is 11.4 Å². The van der Waals surface area contributed by atoms with Crippen LogP contribution in [-0.2, 0) is 0 Å². The van der Waals surface area contributed by atoms with Crippen LogP contribution in [0.5, 0.6) is 0 Å². The normalized spacial score (nSPS) is 12.9. The lowest BCUT2D eigenvalue weighted by Crippen LogP contribution is -2.01. The highest BCUT2D eigenvalue weighted by Gasteiger charge is 2.09. The topological polar surface area (TPSA) is 38.9 Å². The van der Waals surface area contributed by atoms with Crippen molar-refractivity contribution in [1.82, 2.24) is 4.98 Å². The van der Waals surface area contributed by atoms with Gasteiger partial charge in [-0.3, -0.25) is 0 Å². The summed E-state index contributed by atoms with van der Waals surface area (Å²) in [5.41, 5.74) is 7.70. The predicted octanol–water partition coefficient (Wildman–Crippen LogP) is 5.19. The third-order valence-corrected chi connectivity index (χ3v) is 5.77. The Morgan fingerprint density at radius 1 is 1.37 bits per heavy atom. The Labute approximate surface area is 123 Å². The van der Waals surface area contributed by atoms with Gasteiger partial charge in [-0.15, -0.1) is 11.3 Å². The molecule has 0 aliphatic carbocycles. The zero-order valence-electron chi connectivity index (χ0n) is 11.7. The van der Waals surface area contributed by atoms with Gasteiger partial charge in [-0.25, -0.2) is 4.98 Å². The molecule has 1 aromatic carbocycles. The smallest absolute Gasteiger partial charge is 0.151 e. The number of benzene rings is 1. The number of thiazole rings is 1. The summed E-state index contributed by atoms with van der Waals surface area (Å²) in [4.78, 5) is 4.67. The average molecular weight is 294 g/mol. The molecular weight excluding hydrogens is 272 g/mol. The summed E-state index contributed by atoms with van der Waals surface area (Å²) in [5.74, 6) is 2.01. The fourth-order valence-corrected chi connectivity index (χ4v) is 4.47. The molecule has 2 rings (SSSR count). The van der Waals surface area contributed by atoms with Crippen molar-refractivity contribution in [3.63, 3.8) is 0 Å². The van der Waals surface area contributed by atoms with Gasteiger partial charge in [-0.2, -0.15) is 0 Å². The Morgan fingerprint density at radius 3 is 2.95 bits per heavy atom. The van der Waals surface area contributed by atoms with Crippen LogP contribution in [0.1, 0.15) is 39.5 Å². The van der Waals surface area contributed by atoms with E-state index in [1.54, 1.807) is 11.3 Å². The van der Waals surface area contributed by atoms with Crippen molar-refractivity contribution >= 4 is 39.0 Å². The molecule has 0 saturated carbocycles. The van der Waals surface area contributed by atoms with E-state index >= 15 is 0 Å². The van der Waals surface area contributed by atoms with E-state index < -0.39 is 0 Å². The number of nitrogens with two attached hydrogens (primary N) is 1. The first-order valence-electron chi connectivity index (χ1n) is 7.01. The van der Waals surface area contributed by atoms with Crippen LogP contribution in [-0.4, -0.2) is 10.7 Å². The number of fused-ring (bicyclic) bond motifs is 1. The van der Waals surface area contributed by atoms with Crippen molar-refractivity contribution in [3.05, 3.63) is 18.2 Å². The Bertz CT molecular complexity index is 522. The van der Waals surface area contributed by atoms with E-state index in [1.165, 1.54) is 40.5 Å². The third kappa shape index (κ3) is 4.11. The van der Waals surface area contributed by atoms with E-state index in [-0.39, 0.29) is 0 Å². The number of hydrogen-bond acceptors (Lipinski definition) is 4. The van der Waals surface area contributed by atoms with E-state index in [0.717, 1.165) is 17.1 Å². The Balaban J connectivity index is 1.97. The summed E-state index contributed by atoms with van der Waals surface area (Å²) in [7, 11) is 0. The highest BCUT2D eigenvalue weighted by atomic mass is 32.2. The maximum Gasteiger partial charge on any atom is 0.151 e.